The SMILES string of the molecule is C[C@H]1c2nc(C(=O)N(C)C)cn2CCN1CCc1ccccc1. The van der Waals surface area contributed by atoms with Crippen molar-refractivity contribution in [2.24, 2.45) is 0 Å². The quantitative estimate of drug-likeness (QED) is 0.869. The van der Waals surface area contributed by atoms with Crippen molar-refractivity contribution in [3.63, 3.8) is 0 Å². The number of nitrogens with zero attached hydrogens (tertiary/aromatic N) is 4. The van der Waals surface area contributed by atoms with Gasteiger partial charge in [-0.3, -0.25) is 9.69 Å². The molecule has 0 radical (unpaired) electrons. The number of carbonyl (C=O) groups excluding carboxylic acids is 1. The van der Waals surface area contributed by atoms with Crippen LogP contribution in [0, 0.1) is 0 Å². The van der Waals surface area contributed by atoms with E-state index in [-0.39, 0.29) is 11.9 Å². The zero-order valence-corrected chi connectivity index (χ0v) is 14.1. The number of hydrogen-bond donors (Lipinski definition) is 0. The molecule has 0 fully saturated rings. The number of imidazole rings is 1. The van der Waals surface area contributed by atoms with Gasteiger partial charge in [0.05, 0.1) is 6.04 Å². The van der Waals surface area contributed by atoms with E-state index in [1.807, 2.05) is 12.3 Å². The van der Waals surface area contributed by atoms with E-state index in [1.54, 1.807) is 19.0 Å². The molecule has 1 aromatic heterocycles. The summed E-state index contributed by atoms with van der Waals surface area (Å²) in [6.45, 7) is 5.07. The summed E-state index contributed by atoms with van der Waals surface area (Å²) >= 11 is 0. The molecule has 0 aliphatic carbocycles. The fourth-order valence-electron chi connectivity index (χ4n) is 3.09. The molecule has 1 aliphatic heterocycles. The molecule has 0 saturated heterocycles. The van der Waals surface area contributed by atoms with Crippen molar-refractivity contribution in [2.45, 2.75) is 25.9 Å². The fourth-order valence-corrected chi connectivity index (χ4v) is 3.09. The topological polar surface area (TPSA) is 41.4 Å². The summed E-state index contributed by atoms with van der Waals surface area (Å²) in [4.78, 5) is 20.7. The Kier molecular flexibility index (Phi) is 4.48. The van der Waals surface area contributed by atoms with Crippen molar-refractivity contribution in [2.75, 3.05) is 27.2 Å². The summed E-state index contributed by atoms with van der Waals surface area (Å²) in [7, 11) is 3.52. The molecule has 0 N–H and O–H groups in total. The Labute approximate surface area is 137 Å². The molecule has 1 atom stereocenters. The number of fused-ring (bicyclic) bond motifs is 1. The molecule has 2 aromatic rings. The summed E-state index contributed by atoms with van der Waals surface area (Å²) < 4.78 is 2.13. The minimum Gasteiger partial charge on any atom is -0.343 e. The van der Waals surface area contributed by atoms with Gasteiger partial charge in [0.1, 0.15) is 11.5 Å². The Hall–Kier alpha value is -2.14. The molecule has 1 aromatic carbocycles. The van der Waals surface area contributed by atoms with Crippen LogP contribution in [0.5, 0.6) is 0 Å². The van der Waals surface area contributed by atoms with Gasteiger partial charge in [0.25, 0.3) is 5.91 Å². The standard InChI is InChI=1S/C18H24N4O/c1-14-17-19-16(18(23)20(2)3)13-22(17)12-11-21(14)10-9-15-7-5-4-6-8-15/h4-8,13-14H,9-12H2,1-3H3/t14-/m0/s1. The Morgan fingerprint density at radius 2 is 2.00 bits per heavy atom. The largest absolute Gasteiger partial charge is 0.343 e. The summed E-state index contributed by atoms with van der Waals surface area (Å²) in [5.41, 5.74) is 1.90. The first kappa shape index (κ1) is 15.7. The van der Waals surface area contributed by atoms with Crippen molar-refractivity contribution < 1.29 is 4.79 Å². The van der Waals surface area contributed by atoms with Gasteiger partial charge in [0, 0.05) is 39.9 Å². The average Bonchev–Trinajstić information content (AvgIpc) is 2.99. The van der Waals surface area contributed by atoms with E-state index in [4.69, 9.17) is 0 Å². The number of hydrogen-bond acceptors (Lipinski definition) is 3. The fraction of sp³-hybridized carbons (Fsp3) is 0.444. The van der Waals surface area contributed by atoms with Gasteiger partial charge in [0.15, 0.2) is 0 Å². The minimum atomic E-state index is -0.0325. The Balaban J connectivity index is 1.70. The van der Waals surface area contributed by atoms with E-state index >= 15 is 0 Å². The molecule has 23 heavy (non-hydrogen) atoms. The van der Waals surface area contributed by atoms with E-state index in [0.717, 1.165) is 31.9 Å². The molecule has 0 spiro atoms. The van der Waals surface area contributed by atoms with Crippen LogP contribution in [0.15, 0.2) is 36.5 Å². The van der Waals surface area contributed by atoms with Crippen LogP contribution in [0.4, 0.5) is 0 Å². The van der Waals surface area contributed by atoms with Crippen LogP contribution in [-0.4, -0.2) is 52.4 Å². The maximum atomic E-state index is 12.1. The molecule has 0 unspecified atom stereocenters. The van der Waals surface area contributed by atoms with Gasteiger partial charge in [-0.15, -0.1) is 0 Å². The molecular formula is C18H24N4O. The van der Waals surface area contributed by atoms with E-state index < -0.39 is 0 Å². The molecule has 122 valence electrons. The van der Waals surface area contributed by atoms with Gasteiger partial charge >= 0.3 is 0 Å². The predicted molar refractivity (Wildman–Crippen MR) is 90.4 cm³/mol. The first-order valence-electron chi connectivity index (χ1n) is 8.13. The first-order valence-corrected chi connectivity index (χ1v) is 8.13. The lowest BCUT2D eigenvalue weighted by Gasteiger charge is -2.33. The molecule has 5 heteroatoms. The number of aromatic nitrogens is 2. The third-order valence-corrected chi connectivity index (χ3v) is 4.51. The summed E-state index contributed by atoms with van der Waals surface area (Å²) in [6.07, 6.45) is 2.93. The predicted octanol–water partition coefficient (Wildman–Crippen LogP) is 2.20. The van der Waals surface area contributed by atoms with Crippen LogP contribution >= 0.6 is 0 Å². The van der Waals surface area contributed by atoms with Gasteiger partial charge in [0.2, 0.25) is 0 Å². The summed E-state index contributed by atoms with van der Waals surface area (Å²) in [6, 6.07) is 10.8. The lowest BCUT2D eigenvalue weighted by Crippen LogP contribution is -2.38. The molecule has 0 saturated carbocycles. The minimum absolute atomic E-state index is 0.0325. The van der Waals surface area contributed by atoms with Crippen LogP contribution in [-0.2, 0) is 13.0 Å². The lowest BCUT2D eigenvalue weighted by atomic mass is 10.1. The Morgan fingerprint density at radius 1 is 1.26 bits per heavy atom. The van der Waals surface area contributed by atoms with Gasteiger partial charge in [-0.05, 0) is 18.9 Å². The van der Waals surface area contributed by atoms with E-state index in [2.05, 4.69) is 45.6 Å². The van der Waals surface area contributed by atoms with Gasteiger partial charge in [-0.2, -0.15) is 0 Å². The second-order valence-corrected chi connectivity index (χ2v) is 6.32. The average molecular weight is 312 g/mol. The zero-order chi connectivity index (χ0) is 16.4. The molecule has 1 amide bonds. The van der Waals surface area contributed by atoms with Crippen molar-refractivity contribution >= 4 is 5.91 Å². The molecule has 5 nitrogen and oxygen atoms in total. The summed E-state index contributed by atoms with van der Waals surface area (Å²) in [5.74, 6) is 0.962. The third-order valence-electron chi connectivity index (χ3n) is 4.51. The van der Waals surface area contributed by atoms with E-state index in [0.29, 0.717) is 5.69 Å². The maximum absolute atomic E-state index is 12.1. The second-order valence-electron chi connectivity index (χ2n) is 6.32. The molecule has 3 rings (SSSR count). The number of rotatable bonds is 4. The van der Waals surface area contributed by atoms with Crippen LogP contribution in [0.3, 0.4) is 0 Å². The van der Waals surface area contributed by atoms with Gasteiger partial charge in [-0.1, -0.05) is 30.3 Å². The molecule has 1 aliphatic rings. The number of amides is 1. The van der Waals surface area contributed by atoms with Crippen LogP contribution in [0.1, 0.15) is 34.8 Å². The number of carbonyl (C=O) groups is 1. The van der Waals surface area contributed by atoms with Crippen LogP contribution < -0.4 is 0 Å². The zero-order valence-electron chi connectivity index (χ0n) is 14.1. The third kappa shape index (κ3) is 3.29. The lowest BCUT2D eigenvalue weighted by molar-refractivity contribution is 0.0822. The monoisotopic (exact) mass is 312 g/mol. The molecule has 0 bridgehead atoms. The van der Waals surface area contributed by atoms with Crippen molar-refractivity contribution in [1.29, 1.82) is 0 Å². The smallest absolute Gasteiger partial charge is 0.273 e. The van der Waals surface area contributed by atoms with E-state index in [1.165, 1.54) is 5.56 Å². The van der Waals surface area contributed by atoms with Gasteiger partial charge in [-0.25, -0.2) is 4.98 Å². The second kappa shape index (κ2) is 6.54. The number of benzene rings is 1. The highest BCUT2D eigenvalue weighted by Crippen LogP contribution is 2.25. The van der Waals surface area contributed by atoms with Crippen molar-refractivity contribution in [3.8, 4) is 0 Å². The molecular weight excluding hydrogens is 288 g/mol. The van der Waals surface area contributed by atoms with Gasteiger partial charge < -0.3 is 9.47 Å². The Morgan fingerprint density at radius 3 is 2.70 bits per heavy atom. The summed E-state index contributed by atoms with van der Waals surface area (Å²) in [5, 5.41) is 0. The van der Waals surface area contributed by atoms with Crippen LogP contribution in [0.2, 0.25) is 0 Å². The van der Waals surface area contributed by atoms with E-state index in [9.17, 15) is 4.79 Å². The highest BCUT2D eigenvalue weighted by atomic mass is 16.2. The van der Waals surface area contributed by atoms with Crippen molar-refractivity contribution in [1.82, 2.24) is 19.4 Å². The van der Waals surface area contributed by atoms with Crippen LogP contribution in [0.25, 0.3) is 0 Å². The maximum Gasteiger partial charge on any atom is 0.273 e. The highest BCUT2D eigenvalue weighted by molar-refractivity contribution is 5.91. The first-order chi connectivity index (χ1) is 11.1. The highest BCUT2D eigenvalue weighted by Gasteiger charge is 2.27. The molecule has 2 heterocycles. The normalized spacial score (nSPS) is 17.8. The van der Waals surface area contributed by atoms with Crippen molar-refractivity contribution in [3.05, 3.63) is 53.6 Å². The Bertz CT molecular complexity index is 678.